The van der Waals surface area contributed by atoms with Crippen molar-refractivity contribution in [1.82, 2.24) is 9.78 Å². The highest BCUT2D eigenvalue weighted by atomic mass is 35.5. The molecule has 8 heteroatoms. The van der Waals surface area contributed by atoms with Gasteiger partial charge in [0.05, 0.1) is 35.1 Å². The highest BCUT2D eigenvalue weighted by Crippen LogP contribution is 2.32. The fourth-order valence-electron chi connectivity index (χ4n) is 2.72. The number of hydrogen-bond acceptors (Lipinski definition) is 5. The smallest absolute Gasteiger partial charge is 0.359 e. The SMILES string of the molecule is CCOC(=O)c1c(C(=O)OC)nn(-c2ccc(Cl)c(Cl)c2)c1-c1ccccc1. The predicted molar refractivity (Wildman–Crippen MR) is 106 cm³/mol. The van der Waals surface area contributed by atoms with Crippen molar-refractivity contribution in [2.24, 2.45) is 0 Å². The molecule has 0 saturated heterocycles. The minimum Gasteiger partial charge on any atom is -0.464 e. The van der Waals surface area contributed by atoms with Gasteiger partial charge in [0.2, 0.25) is 0 Å². The fraction of sp³-hybridized carbons (Fsp3) is 0.150. The lowest BCUT2D eigenvalue weighted by Crippen LogP contribution is -2.12. The number of carbonyl (C=O) groups is 2. The van der Waals surface area contributed by atoms with E-state index in [1.807, 2.05) is 18.2 Å². The summed E-state index contributed by atoms with van der Waals surface area (Å²) < 4.78 is 11.4. The number of methoxy groups -OCH3 is 1. The molecule has 0 atom stereocenters. The number of esters is 2. The Labute approximate surface area is 171 Å². The van der Waals surface area contributed by atoms with Crippen molar-refractivity contribution in [2.75, 3.05) is 13.7 Å². The molecule has 28 heavy (non-hydrogen) atoms. The van der Waals surface area contributed by atoms with E-state index in [4.69, 9.17) is 32.7 Å². The van der Waals surface area contributed by atoms with E-state index in [2.05, 4.69) is 5.10 Å². The van der Waals surface area contributed by atoms with Crippen molar-refractivity contribution < 1.29 is 19.1 Å². The van der Waals surface area contributed by atoms with E-state index < -0.39 is 11.9 Å². The second-order valence-electron chi connectivity index (χ2n) is 5.66. The first-order chi connectivity index (χ1) is 13.5. The van der Waals surface area contributed by atoms with Crippen molar-refractivity contribution >= 4 is 35.1 Å². The van der Waals surface area contributed by atoms with Crippen LogP contribution in [0.1, 0.15) is 27.8 Å². The summed E-state index contributed by atoms with van der Waals surface area (Å²) >= 11 is 12.2. The van der Waals surface area contributed by atoms with Gasteiger partial charge in [-0.3, -0.25) is 0 Å². The van der Waals surface area contributed by atoms with Crippen LogP contribution in [0.25, 0.3) is 16.9 Å². The Kier molecular flexibility index (Phi) is 6.02. The topological polar surface area (TPSA) is 70.4 Å². The quantitative estimate of drug-likeness (QED) is 0.555. The maximum absolute atomic E-state index is 12.7. The first-order valence-electron chi connectivity index (χ1n) is 8.37. The third-order valence-electron chi connectivity index (χ3n) is 3.94. The molecule has 0 aliphatic heterocycles. The second-order valence-corrected chi connectivity index (χ2v) is 6.47. The van der Waals surface area contributed by atoms with E-state index in [0.29, 0.717) is 27.0 Å². The standard InChI is InChI=1S/C20H16Cl2N2O4/c1-3-28-19(25)16-17(20(26)27-2)23-24(13-9-10-14(21)15(22)11-13)18(16)12-7-5-4-6-8-12/h4-11H,3H2,1-2H3. The van der Waals surface area contributed by atoms with Crippen LogP contribution in [0.4, 0.5) is 0 Å². The highest BCUT2D eigenvalue weighted by molar-refractivity contribution is 6.42. The van der Waals surface area contributed by atoms with E-state index in [1.54, 1.807) is 37.3 Å². The Hall–Kier alpha value is -2.83. The monoisotopic (exact) mass is 418 g/mol. The van der Waals surface area contributed by atoms with Gasteiger partial charge in [-0.05, 0) is 25.1 Å². The number of halogens is 2. The summed E-state index contributed by atoms with van der Waals surface area (Å²) in [4.78, 5) is 25.1. The first kappa shape index (κ1) is 19.9. The summed E-state index contributed by atoms with van der Waals surface area (Å²) in [6, 6.07) is 14.0. The van der Waals surface area contributed by atoms with Crippen LogP contribution in [0.5, 0.6) is 0 Å². The van der Waals surface area contributed by atoms with Crippen LogP contribution in [-0.2, 0) is 9.47 Å². The Morgan fingerprint density at radius 2 is 1.75 bits per heavy atom. The van der Waals surface area contributed by atoms with Gasteiger partial charge < -0.3 is 9.47 Å². The summed E-state index contributed by atoms with van der Waals surface area (Å²) in [6.45, 7) is 1.83. The molecule has 0 bridgehead atoms. The molecule has 0 radical (unpaired) electrons. The number of rotatable bonds is 5. The van der Waals surface area contributed by atoms with Gasteiger partial charge in [-0.25, -0.2) is 14.3 Å². The lowest BCUT2D eigenvalue weighted by molar-refractivity contribution is 0.0503. The van der Waals surface area contributed by atoms with Crippen molar-refractivity contribution in [1.29, 1.82) is 0 Å². The van der Waals surface area contributed by atoms with Crippen LogP contribution < -0.4 is 0 Å². The first-order valence-corrected chi connectivity index (χ1v) is 9.12. The molecular formula is C20H16Cl2N2O4. The molecule has 0 saturated carbocycles. The van der Waals surface area contributed by atoms with E-state index in [-0.39, 0.29) is 17.9 Å². The number of nitrogens with zero attached hydrogens (tertiary/aromatic N) is 2. The molecule has 0 aliphatic carbocycles. The van der Waals surface area contributed by atoms with Crippen molar-refractivity contribution in [3.63, 3.8) is 0 Å². The van der Waals surface area contributed by atoms with Crippen LogP contribution in [0.3, 0.4) is 0 Å². The normalized spacial score (nSPS) is 10.6. The summed E-state index contributed by atoms with van der Waals surface area (Å²) in [5.41, 5.74) is 1.45. The average molecular weight is 419 g/mol. The third-order valence-corrected chi connectivity index (χ3v) is 4.68. The largest absolute Gasteiger partial charge is 0.464 e. The minimum absolute atomic E-state index is 0.0194. The number of benzene rings is 2. The summed E-state index contributed by atoms with van der Waals surface area (Å²) in [5, 5.41) is 5.03. The van der Waals surface area contributed by atoms with E-state index in [0.717, 1.165) is 0 Å². The maximum atomic E-state index is 12.7. The van der Waals surface area contributed by atoms with Crippen LogP contribution >= 0.6 is 23.2 Å². The van der Waals surface area contributed by atoms with Crippen LogP contribution in [0, 0.1) is 0 Å². The molecule has 144 valence electrons. The van der Waals surface area contributed by atoms with Crippen molar-refractivity contribution in [3.05, 3.63) is 69.8 Å². The van der Waals surface area contributed by atoms with Gasteiger partial charge in [0.1, 0.15) is 5.56 Å². The molecule has 3 rings (SSSR count). The molecule has 2 aromatic carbocycles. The second kappa shape index (κ2) is 8.46. The fourth-order valence-corrected chi connectivity index (χ4v) is 3.01. The van der Waals surface area contributed by atoms with Gasteiger partial charge in [-0.2, -0.15) is 5.10 Å². The van der Waals surface area contributed by atoms with Gasteiger partial charge in [0.25, 0.3) is 0 Å². The molecule has 0 fully saturated rings. The maximum Gasteiger partial charge on any atom is 0.359 e. The van der Waals surface area contributed by atoms with Gasteiger partial charge in [0, 0.05) is 5.56 Å². The molecule has 1 heterocycles. The Morgan fingerprint density at radius 1 is 1.04 bits per heavy atom. The Balaban J connectivity index is 2.36. The molecule has 0 N–H and O–H groups in total. The van der Waals surface area contributed by atoms with E-state index in [9.17, 15) is 9.59 Å². The number of ether oxygens (including phenoxy) is 2. The van der Waals surface area contributed by atoms with Crippen LogP contribution in [-0.4, -0.2) is 35.4 Å². The lowest BCUT2D eigenvalue weighted by atomic mass is 10.1. The number of hydrogen-bond donors (Lipinski definition) is 0. The van der Waals surface area contributed by atoms with Crippen molar-refractivity contribution in [3.8, 4) is 16.9 Å². The van der Waals surface area contributed by atoms with Gasteiger partial charge >= 0.3 is 11.9 Å². The number of aromatic nitrogens is 2. The lowest BCUT2D eigenvalue weighted by Gasteiger charge is -2.10. The summed E-state index contributed by atoms with van der Waals surface area (Å²) in [7, 11) is 1.22. The zero-order chi connectivity index (χ0) is 20.3. The van der Waals surface area contributed by atoms with Gasteiger partial charge in [-0.15, -0.1) is 0 Å². The molecule has 0 unspecified atom stereocenters. The molecule has 6 nitrogen and oxygen atoms in total. The zero-order valence-electron chi connectivity index (χ0n) is 15.1. The predicted octanol–water partition coefficient (Wildman–Crippen LogP) is 4.81. The molecule has 1 aromatic heterocycles. The number of carbonyl (C=O) groups excluding carboxylic acids is 2. The van der Waals surface area contributed by atoms with Gasteiger partial charge in [-0.1, -0.05) is 53.5 Å². The highest BCUT2D eigenvalue weighted by Gasteiger charge is 2.31. The summed E-state index contributed by atoms with van der Waals surface area (Å²) in [6.07, 6.45) is 0. The van der Waals surface area contributed by atoms with Crippen molar-refractivity contribution in [2.45, 2.75) is 6.92 Å². The van der Waals surface area contributed by atoms with Crippen LogP contribution in [0.15, 0.2) is 48.5 Å². The van der Waals surface area contributed by atoms with E-state index in [1.165, 1.54) is 11.8 Å². The minimum atomic E-state index is -0.751. The average Bonchev–Trinajstić information content (AvgIpc) is 3.11. The Bertz CT molecular complexity index is 1030. The van der Waals surface area contributed by atoms with E-state index >= 15 is 0 Å². The molecule has 0 spiro atoms. The molecule has 3 aromatic rings. The Morgan fingerprint density at radius 3 is 2.36 bits per heavy atom. The molecule has 0 amide bonds. The summed E-state index contributed by atoms with van der Waals surface area (Å²) in [5.74, 6) is -1.42. The molecule has 0 aliphatic rings. The van der Waals surface area contributed by atoms with Gasteiger partial charge in [0.15, 0.2) is 5.69 Å². The third kappa shape index (κ3) is 3.74. The zero-order valence-corrected chi connectivity index (χ0v) is 16.6. The van der Waals surface area contributed by atoms with Crippen LogP contribution in [0.2, 0.25) is 10.0 Å². The molecular weight excluding hydrogens is 403 g/mol.